The third-order valence-corrected chi connectivity index (χ3v) is 22.9. The number of aliphatic hydroxyl groups is 1. The molecule has 0 aromatic rings. The minimum Gasteiger partial charge on any atom is -0.462 e. The molecule has 0 saturated heterocycles. The van der Waals surface area contributed by atoms with Crippen molar-refractivity contribution in [3.63, 3.8) is 0 Å². The van der Waals surface area contributed by atoms with E-state index in [4.69, 9.17) is 37.0 Å². The Morgan fingerprint density at radius 1 is 0.271 bits per heavy atom. The van der Waals surface area contributed by atoms with Crippen LogP contribution in [0.5, 0.6) is 0 Å². The molecule has 6 atom stereocenters. The molecule has 107 heavy (non-hydrogen) atoms. The summed E-state index contributed by atoms with van der Waals surface area (Å²) in [4.78, 5) is 73.3. The van der Waals surface area contributed by atoms with Gasteiger partial charge in [-0.3, -0.25) is 37.3 Å². The minimum atomic E-state index is -4.97. The number of phosphoric ester groups is 2. The zero-order valence-corrected chi connectivity index (χ0v) is 72.4. The smallest absolute Gasteiger partial charge is 0.462 e. The Bertz CT molecular complexity index is 2060. The maximum Gasteiger partial charge on any atom is 0.472 e. The van der Waals surface area contributed by atoms with E-state index >= 15 is 0 Å². The molecule has 0 rings (SSSR count). The fraction of sp³-hybridized carbons (Fsp3) is 0.955. The highest BCUT2D eigenvalue weighted by atomic mass is 31.2. The van der Waals surface area contributed by atoms with Crippen LogP contribution in [0.15, 0.2) is 0 Å². The van der Waals surface area contributed by atoms with E-state index in [2.05, 4.69) is 48.5 Å². The van der Waals surface area contributed by atoms with Gasteiger partial charge >= 0.3 is 39.5 Å². The van der Waals surface area contributed by atoms with Crippen LogP contribution in [0.1, 0.15) is 466 Å². The van der Waals surface area contributed by atoms with E-state index in [1.165, 1.54) is 276 Å². The van der Waals surface area contributed by atoms with E-state index in [0.717, 1.165) is 108 Å². The van der Waals surface area contributed by atoms with Crippen molar-refractivity contribution in [2.75, 3.05) is 39.6 Å². The summed E-state index contributed by atoms with van der Waals surface area (Å²) in [5, 5.41) is 10.7. The van der Waals surface area contributed by atoms with Crippen LogP contribution in [-0.2, 0) is 65.4 Å². The Balaban J connectivity index is 5.25. The summed E-state index contributed by atoms with van der Waals surface area (Å²) >= 11 is 0. The third-order valence-electron chi connectivity index (χ3n) is 21.0. The Labute approximate surface area is 658 Å². The van der Waals surface area contributed by atoms with Gasteiger partial charge in [-0.2, -0.15) is 0 Å². The fourth-order valence-corrected chi connectivity index (χ4v) is 15.3. The summed E-state index contributed by atoms with van der Waals surface area (Å²) in [6.45, 7) is 12.0. The first-order valence-electron chi connectivity index (χ1n) is 45.4. The Hall–Kier alpha value is -1.94. The molecule has 0 spiro atoms. The number of ether oxygens (including phenoxy) is 4. The van der Waals surface area contributed by atoms with Gasteiger partial charge in [-0.15, -0.1) is 0 Å². The molecule has 0 aliphatic rings. The Morgan fingerprint density at radius 2 is 0.477 bits per heavy atom. The predicted octanol–water partition coefficient (Wildman–Crippen LogP) is 26.9. The molecule has 636 valence electrons. The fourth-order valence-electron chi connectivity index (χ4n) is 13.7. The van der Waals surface area contributed by atoms with E-state index in [-0.39, 0.29) is 25.7 Å². The van der Waals surface area contributed by atoms with Gasteiger partial charge in [0.1, 0.15) is 19.3 Å². The molecule has 0 amide bonds. The van der Waals surface area contributed by atoms with Crippen LogP contribution in [0.4, 0.5) is 0 Å². The van der Waals surface area contributed by atoms with E-state index < -0.39 is 97.5 Å². The molecule has 3 N–H and O–H groups in total. The normalized spacial score (nSPS) is 14.1. The molecular formula is C88H172O17P2. The Morgan fingerprint density at radius 3 is 0.710 bits per heavy atom. The van der Waals surface area contributed by atoms with E-state index in [1.807, 2.05) is 0 Å². The van der Waals surface area contributed by atoms with Crippen LogP contribution >= 0.6 is 15.6 Å². The van der Waals surface area contributed by atoms with Gasteiger partial charge in [-0.1, -0.05) is 414 Å². The predicted molar refractivity (Wildman–Crippen MR) is 441 cm³/mol. The monoisotopic (exact) mass is 1560 g/mol. The molecule has 0 aliphatic heterocycles. The molecule has 0 aliphatic carbocycles. The highest BCUT2D eigenvalue weighted by molar-refractivity contribution is 7.47. The molecule has 0 saturated carbocycles. The van der Waals surface area contributed by atoms with Gasteiger partial charge in [0.15, 0.2) is 12.2 Å². The second-order valence-electron chi connectivity index (χ2n) is 32.8. The quantitative estimate of drug-likeness (QED) is 0.0222. The van der Waals surface area contributed by atoms with Crippen molar-refractivity contribution in [3.05, 3.63) is 0 Å². The van der Waals surface area contributed by atoms with Crippen LogP contribution in [0.2, 0.25) is 0 Å². The summed E-state index contributed by atoms with van der Waals surface area (Å²) in [5.74, 6) is 0.260. The minimum absolute atomic E-state index is 0.107. The van der Waals surface area contributed by atoms with Gasteiger partial charge in [0, 0.05) is 25.7 Å². The standard InChI is InChI=1S/C88H172O17P2/c1-8-10-11-12-13-14-15-16-17-18-19-20-21-22-23-24-31-36-41-50-57-64-71-87(92)104-83(75-98-85(90)69-62-55-48-40-35-30-26-25-28-33-38-45-52-59-66-79(3)4)77-102-106(94,95)100-73-82(89)74-101-107(96,97)103-78-84(76-99-86(91)70-63-56-49-44-43-47-54-61-68-81(7)9-2)105-88(93)72-65-58-51-42-37-32-27-29-34-39-46-53-60-67-80(5)6/h79-84,89H,8-78H2,1-7H3,(H,94,95)(H,96,97)/t81?,82-,83-,84-/m1/s1. The lowest BCUT2D eigenvalue weighted by Gasteiger charge is -2.21. The summed E-state index contributed by atoms with van der Waals surface area (Å²) in [6.07, 6.45) is 69.4. The topological polar surface area (TPSA) is 237 Å². The third kappa shape index (κ3) is 80.5. The lowest BCUT2D eigenvalue weighted by molar-refractivity contribution is -0.161. The molecule has 19 heteroatoms. The van der Waals surface area contributed by atoms with Gasteiger partial charge in [-0.25, -0.2) is 9.13 Å². The van der Waals surface area contributed by atoms with Crippen molar-refractivity contribution >= 4 is 39.5 Å². The average molecular weight is 1560 g/mol. The maximum atomic E-state index is 13.2. The van der Waals surface area contributed by atoms with Gasteiger partial charge in [0.2, 0.25) is 0 Å². The molecule has 0 radical (unpaired) electrons. The summed E-state index contributed by atoms with van der Waals surface area (Å²) in [6, 6.07) is 0. The second kappa shape index (κ2) is 78.0. The molecule has 0 fully saturated rings. The molecule has 17 nitrogen and oxygen atoms in total. The van der Waals surface area contributed by atoms with Crippen molar-refractivity contribution < 1.29 is 80.2 Å². The Kier molecular flexibility index (Phi) is 76.6. The summed E-state index contributed by atoms with van der Waals surface area (Å²) in [5.41, 5.74) is 0. The molecule has 0 bridgehead atoms. The number of unbranched alkanes of at least 4 members (excludes halogenated alkanes) is 53. The first-order valence-corrected chi connectivity index (χ1v) is 48.4. The van der Waals surface area contributed by atoms with Crippen molar-refractivity contribution in [1.82, 2.24) is 0 Å². The number of hydrogen-bond acceptors (Lipinski definition) is 15. The molecule has 0 aromatic carbocycles. The second-order valence-corrected chi connectivity index (χ2v) is 35.7. The average Bonchev–Trinajstić information content (AvgIpc) is 0.902. The first-order chi connectivity index (χ1) is 51.8. The number of carbonyl (C=O) groups is 4. The van der Waals surface area contributed by atoms with E-state index in [0.29, 0.717) is 25.7 Å². The number of aliphatic hydroxyl groups excluding tert-OH is 1. The molecule has 0 heterocycles. The largest absolute Gasteiger partial charge is 0.472 e. The molecule has 3 unspecified atom stereocenters. The number of rotatable bonds is 86. The van der Waals surface area contributed by atoms with Crippen LogP contribution in [0, 0.1) is 17.8 Å². The van der Waals surface area contributed by atoms with E-state index in [9.17, 15) is 43.2 Å². The van der Waals surface area contributed by atoms with E-state index in [1.54, 1.807) is 0 Å². The van der Waals surface area contributed by atoms with Crippen molar-refractivity contribution in [3.8, 4) is 0 Å². The zero-order chi connectivity index (χ0) is 78.6. The molecule has 0 aromatic heterocycles. The van der Waals surface area contributed by atoms with Gasteiger partial charge in [-0.05, 0) is 43.4 Å². The summed E-state index contributed by atoms with van der Waals surface area (Å²) in [7, 11) is -9.93. The maximum absolute atomic E-state index is 13.2. The molecular weight excluding hydrogens is 1390 g/mol. The van der Waals surface area contributed by atoms with Gasteiger partial charge < -0.3 is 33.8 Å². The highest BCUT2D eigenvalue weighted by Crippen LogP contribution is 2.45. The lowest BCUT2D eigenvalue weighted by Crippen LogP contribution is -2.30. The van der Waals surface area contributed by atoms with Gasteiger partial charge in [0.05, 0.1) is 26.4 Å². The highest BCUT2D eigenvalue weighted by Gasteiger charge is 2.31. The van der Waals surface area contributed by atoms with Crippen LogP contribution in [-0.4, -0.2) is 96.7 Å². The zero-order valence-electron chi connectivity index (χ0n) is 70.6. The van der Waals surface area contributed by atoms with Crippen LogP contribution < -0.4 is 0 Å². The number of hydrogen-bond donors (Lipinski definition) is 3. The number of carbonyl (C=O) groups excluding carboxylic acids is 4. The SMILES string of the molecule is CCCCCCCCCCCCCCCCCCCCCCCCC(=O)O[C@H](COC(=O)CCCCCCCCCCCCCCCCC(C)C)COP(=O)(O)OC[C@@H](O)COP(=O)(O)OC[C@@H](COC(=O)CCCCCCCCCCC(C)CC)OC(=O)CCCCCCCCCCCCCCCC(C)C. The van der Waals surface area contributed by atoms with Crippen molar-refractivity contribution in [2.24, 2.45) is 17.8 Å². The number of esters is 4. The van der Waals surface area contributed by atoms with Crippen molar-refractivity contribution in [1.29, 1.82) is 0 Å². The van der Waals surface area contributed by atoms with Crippen LogP contribution in [0.3, 0.4) is 0 Å². The van der Waals surface area contributed by atoms with Crippen LogP contribution in [0.25, 0.3) is 0 Å². The van der Waals surface area contributed by atoms with Crippen molar-refractivity contribution in [2.45, 2.75) is 484 Å². The lowest BCUT2D eigenvalue weighted by atomic mass is 9.99. The summed E-state index contributed by atoms with van der Waals surface area (Å²) < 4.78 is 69.0. The van der Waals surface area contributed by atoms with Gasteiger partial charge in [0.25, 0.3) is 0 Å². The first kappa shape index (κ1) is 105. The number of phosphoric acid groups is 2.